The number of carbonyl (C=O) groups excluding carboxylic acids is 1. The van der Waals surface area contributed by atoms with Crippen LogP contribution in [0.25, 0.3) is 0 Å². The zero-order chi connectivity index (χ0) is 13.1. The van der Waals surface area contributed by atoms with Gasteiger partial charge in [-0.15, -0.1) is 0 Å². The fourth-order valence-corrected chi connectivity index (χ4v) is 3.16. The molecule has 2 heterocycles. The van der Waals surface area contributed by atoms with Gasteiger partial charge < -0.3 is 10.6 Å². The molecule has 1 unspecified atom stereocenters. The van der Waals surface area contributed by atoms with Gasteiger partial charge in [-0.05, 0) is 32.2 Å². The molecule has 104 valence electrons. The molecule has 1 amide bonds. The standard InChI is InChI=1S/C14H22N4O/c19-14(11-4-3-8-15-10-11)17-13-7-9-16-18(13)12-5-1-2-6-12/h7,9,11-12,15H,1-6,8,10H2,(H,17,19). The van der Waals surface area contributed by atoms with Gasteiger partial charge in [-0.1, -0.05) is 12.8 Å². The van der Waals surface area contributed by atoms with E-state index in [0.717, 1.165) is 31.7 Å². The van der Waals surface area contributed by atoms with Crippen LogP contribution < -0.4 is 10.6 Å². The number of carbonyl (C=O) groups is 1. The van der Waals surface area contributed by atoms with Crippen molar-refractivity contribution >= 4 is 11.7 Å². The van der Waals surface area contributed by atoms with Crippen LogP contribution in [0.4, 0.5) is 5.82 Å². The number of piperidine rings is 1. The summed E-state index contributed by atoms with van der Waals surface area (Å²) < 4.78 is 2.00. The maximum atomic E-state index is 12.2. The molecule has 1 aromatic rings. The Kier molecular flexibility index (Phi) is 3.82. The monoisotopic (exact) mass is 262 g/mol. The average Bonchev–Trinajstić information content (AvgIpc) is 3.10. The predicted octanol–water partition coefficient (Wildman–Crippen LogP) is 1.94. The van der Waals surface area contributed by atoms with Gasteiger partial charge in [0.1, 0.15) is 5.82 Å². The molecule has 0 radical (unpaired) electrons. The lowest BCUT2D eigenvalue weighted by Gasteiger charge is -2.22. The van der Waals surface area contributed by atoms with E-state index in [1.165, 1.54) is 25.7 Å². The second-order valence-corrected chi connectivity index (χ2v) is 5.63. The number of hydrogen-bond donors (Lipinski definition) is 2. The van der Waals surface area contributed by atoms with Crippen molar-refractivity contribution in [3.05, 3.63) is 12.3 Å². The molecule has 1 atom stereocenters. The zero-order valence-electron chi connectivity index (χ0n) is 11.3. The molecule has 1 aliphatic carbocycles. The second kappa shape index (κ2) is 5.74. The normalized spacial score (nSPS) is 24.5. The summed E-state index contributed by atoms with van der Waals surface area (Å²) in [7, 11) is 0. The Bertz CT molecular complexity index is 430. The highest BCUT2D eigenvalue weighted by Gasteiger charge is 2.24. The molecular weight excluding hydrogens is 240 g/mol. The van der Waals surface area contributed by atoms with Crippen LogP contribution in [0.1, 0.15) is 44.6 Å². The first-order valence-corrected chi connectivity index (χ1v) is 7.39. The SMILES string of the molecule is O=C(Nc1ccnn1C1CCCC1)C1CCCNC1. The predicted molar refractivity (Wildman–Crippen MR) is 74.0 cm³/mol. The summed E-state index contributed by atoms with van der Waals surface area (Å²) in [4.78, 5) is 12.2. The Morgan fingerprint density at radius 3 is 2.89 bits per heavy atom. The van der Waals surface area contributed by atoms with Gasteiger partial charge in [0.2, 0.25) is 5.91 Å². The van der Waals surface area contributed by atoms with Crippen molar-refractivity contribution in [3.63, 3.8) is 0 Å². The van der Waals surface area contributed by atoms with E-state index < -0.39 is 0 Å². The lowest BCUT2D eigenvalue weighted by molar-refractivity contribution is -0.120. The Labute approximate surface area is 113 Å². The van der Waals surface area contributed by atoms with Crippen LogP contribution in [0.5, 0.6) is 0 Å². The van der Waals surface area contributed by atoms with Gasteiger partial charge in [-0.2, -0.15) is 5.10 Å². The van der Waals surface area contributed by atoms with Crippen LogP contribution >= 0.6 is 0 Å². The van der Waals surface area contributed by atoms with Crippen molar-refractivity contribution in [2.24, 2.45) is 5.92 Å². The maximum Gasteiger partial charge on any atom is 0.229 e. The first-order chi connectivity index (χ1) is 9.34. The molecule has 1 aromatic heterocycles. The van der Waals surface area contributed by atoms with Gasteiger partial charge in [0.05, 0.1) is 18.2 Å². The van der Waals surface area contributed by atoms with E-state index in [1.54, 1.807) is 6.20 Å². The summed E-state index contributed by atoms with van der Waals surface area (Å²) in [6, 6.07) is 2.38. The summed E-state index contributed by atoms with van der Waals surface area (Å²) in [6.07, 6.45) is 8.74. The Balaban J connectivity index is 1.65. The number of anilines is 1. The van der Waals surface area contributed by atoms with E-state index in [9.17, 15) is 4.79 Å². The quantitative estimate of drug-likeness (QED) is 0.875. The van der Waals surface area contributed by atoms with Gasteiger partial charge in [0.15, 0.2) is 0 Å². The summed E-state index contributed by atoms with van der Waals surface area (Å²) in [5, 5.41) is 10.7. The second-order valence-electron chi connectivity index (χ2n) is 5.63. The van der Waals surface area contributed by atoms with Gasteiger partial charge in [-0.25, -0.2) is 4.68 Å². The average molecular weight is 262 g/mol. The van der Waals surface area contributed by atoms with Crippen molar-refractivity contribution < 1.29 is 4.79 Å². The molecule has 0 spiro atoms. The minimum absolute atomic E-state index is 0.0979. The fourth-order valence-electron chi connectivity index (χ4n) is 3.16. The third kappa shape index (κ3) is 2.81. The van der Waals surface area contributed by atoms with E-state index in [0.29, 0.717) is 6.04 Å². The van der Waals surface area contributed by atoms with Crippen LogP contribution in [0.2, 0.25) is 0 Å². The molecule has 1 saturated heterocycles. The third-order valence-electron chi connectivity index (χ3n) is 4.26. The van der Waals surface area contributed by atoms with E-state index in [-0.39, 0.29) is 11.8 Å². The van der Waals surface area contributed by atoms with Crippen LogP contribution in [0, 0.1) is 5.92 Å². The number of nitrogens with zero attached hydrogens (tertiary/aromatic N) is 2. The fraction of sp³-hybridized carbons (Fsp3) is 0.714. The minimum atomic E-state index is 0.0979. The van der Waals surface area contributed by atoms with Gasteiger partial charge in [0.25, 0.3) is 0 Å². The highest BCUT2D eigenvalue weighted by molar-refractivity contribution is 5.92. The number of amides is 1. The zero-order valence-corrected chi connectivity index (χ0v) is 11.3. The molecule has 2 N–H and O–H groups in total. The summed E-state index contributed by atoms with van der Waals surface area (Å²) in [5.41, 5.74) is 0. The molecule has 1 aliphatic heterocycles. The molecule has 0 aromatic carbocycles. The van der Waals surface area contributed by atoms with Crippen LogP contribution in [0.15, 0.2) is 12.3 Å². The molecule has 3 rings (SSSR count). The van der Waals surface area contributed by atoms with Crippen molar-refractivity contribution in [1.29, 1.82) is 0 Å². The third-order valence-corrected chi connectivity index (χ3v) is 4.26. The number of nitrogens with one attached hydrogen (secondary N) is 2. The minimum Gasteiger partial charge on any atom is -0.316 e. The van der Waals surface area contributed by atoms with E-state index in [1.807, 2.05) is 10.7 Å². The highest BCUT2D eigenvalue weighted by atomic mass is 16.2. The first-order valence-electron chi connectivity index (χ1n) is 7.39. The molecule has 5 nitrogen and oxygen atoms in total. The maximum absolute atomic E-state index is 12.2. The van der Waals surface area contributed by atoms with Crippen LogP contribution in [-0.2, 0) is 4.79 Å². The molecule has 0 bridgehead atoms. The van der Waals surface area contributed by atoms with Crippen LogP contribution in [-0.4, -0.2) is 28.8 Å². The Morgan fingerprint density at radius 2 is 2.16 bits per heavy atom. The largest absolute Gasteiger partial charge is 0.316 e. The lowest BCUT2D eigenvalue weighted by Crippen LogP contribution is -2.37. The van der Waals surface area contributed by atoms with Gasteiger partial charge in [-0.3, -0.25) is 4.79 Å². The number of rotatable bonds is 3. The molecule has 2 fully saturated rings. The van der Waals surface area contributed by atoms with E-state index >= 15 is 0 Å². The topological polar surface area (TPSA) is 59.0 Å². The Hall–Kier alpha value is -1.36. The summed E-state index contributed by atoms with van der Waals surface area (Å²) in [5.74, 6) is 1.09. The lowest BCUT2D eigenvalue weighted by atomic mass is 9.99. The van der Waals surface area contributed by atoms with Gasteiger partial charge in [0, 0.05) is 12.6 Å². The smallest absolute Gasteiger partial charge is 0.229 e. The number of aromatic nitrogens is 2. The van der Waals surface area contributed by atoms with Crippen molar-refractivity contribution in [3.8, 4) is 0 Å². The Morgan fingerprint density at radius 1 is 1.32 bits per heavy atom. The van der Waals surface area contributed by atoms with Crippen LogP contribution in [0.3, 0.4) is 0 Å². The molecule has 2 aliphatic rings. The van der Waals surface area contributed by atoms with Gasteiger partial charge >= 0.3 is 0 Å². The van der Waals surface area contributed by atoms with Crippen molar-refractivity contribution in [2.75, 3.05) is 18.4 Å². The van der Waals surface area contributed by atoms with Crippen molar-refractivity contribution in [2.45, 2.75) is 44.6 Å². The summed E-state index contributed by atoms with van der Waals surface area (Å²) >= 11 is 0. The molecule has 1 saturated carbocycles. The molecular formula is C14H22N4O. The molecule has 5 heteroatoms. The van der Waals surface area contributed by atoms with E-state index in [4.69, 9.17) is 0 Å². The van der Waals surface area contributed by atoms with Crippen molar-refractivity contribution in [1.82, 2.24) is 15.1 Å². The first kappa shape index (κ1) is 12.7. The summed E-state index contributed by atoms with van der Waals surface area (Å²) in [6.45, 7) is 1.83. The number of hydrogen-bond acceptors (Lipinski definition) is 3. The molecule has 19 heavy (non-hydrogen) atoms. The van der Waals surface area contributed by atoms with E-state index in [2.05, 4.69) is 15.7 Å². The highest BCUT2D eigenvalue weighted by Crippen LogP contribution is 2.31.